The van der Waals surface area contributed by atoms with Crippen molar-refractivity contribution in [2.45, 2.75) is 25.6 Å². The molecule has 4 rings (SSSR count). The highest BCUT2D eigenvalue weighted by Crippen LogP contribution is 2.28. The van der Waals surface area contributed by atoms with Crippen molar-refractivity contribution in [3.8, 4) is 0 Å². The van der Waals surface area contributed by atoms with Crippen molar-refractivity contribution >= 4 is 40.0 Å². The Bertz CT molecular complexity index is 934. The highest BCUT2D eigenvalue weighted by molar-refractivity contribution is 6.31. The average Bonchev–Trinajstić information content (AvgIpc) is 2.98. The van der Waals surface area contributed by atoms with E-state index in [-0.39, 0.29) is 11.9 Å². The first-order valence-corrected chi connectivity index (χ1v) is 8.90. The molecule has 0 bridgehead atoms. The van der Waals surface area contributed by atoms with E-state index in [0.29, 0.717) is 29.6 Å². The van der Waals surface area contributed by atoms with Gasteiger partial charge >= 0.3 is 0 Å². The van der Waals surface area contributed by atoms with Gasteiger partial charge in [0.1, 0.15) is 0 Å². The van der Waals surface area contributed by atoms with Crippen LogP contribution < -0.4 is 10.6 Å². The Labute approximate surface area is 155 Å². The minimum atomic E-state index is -0.252. The number of fused-ring (bicyclic) bond motifs is 3. The van der Waals surface area contributed by atoms with Crippen LogP contribution in [0.15, 0.2) is 42.5 Å². The molecule has 0 spiro atoms. The van der Waals surface area contributed by atoms with Crippen LogP contribution in [0.5, 0.6) is 0 Å². The molecule has 0 aliphatic carbocycles. The zero-order valence-electron chi connectivity index (χ0n) is 13.4. The van der Waals surface area contributed by atoms with Crippen molar-refractivity contribution < 1.29 is 4.79 Å². The summed E-state index contributed by atoms with van der Waals surface area (Å²) in [4.78, 5) is 15.9. The first-order valence-electron chi connectivity index (χ1n) is 8.14. The lowest BCUT2D eigenvalue weighted by molar-refractivity contribution is -0.123. The van der Waals surface area contributed by atoms with Gasteiger partial charge in [0.2, 0.25) is 5.91 Å². The maximum Gasteiger partial charge on any atom is 0.237 e. The van der Waals surface area contributed by atoms with Crippen LogP contribution in [0.3, 0.4) is 0 Å². The Kier molecular flexibility index (Phi) is 4.42. The summed E-state index contributed by atoms with van der Waals surface area (Å²) in [5.41, 5.74) is 4.37. The predicted molar refractivity (Wildman–Crippen MR) is 101 cm³/mol. The summed E-state index contributed by atoms with van der Waals surface area (Å²) >= 11 is 12.0. The first kappa shape index (κ1) is 16.5. The molecule has 1 aliphatic heterocycles. The van der Waals surface area contributed by atoms with Crippen LogP contribution in [-0.4, -0.2) is 16.9 Å². The molecule has 0 saturated heterocycles. The van der Waals surface area contributed by atoms with E-state index < -0.39 is 0 Å². The molecule has 0 fully saturated rings. The highest BCUT2D eigenvalue weighted by Gasteiger charge is 2.26. The number of halogens is 2. The number of carbonyl (C=O) groups is 1. The van der Waals surface area contributed by atoms with Crippen molar-refractivity contribution in [1.29, 1.82) is 0 Å². The summed E-state index contributed by atoms with van der Waals surface area (Å²) in [5.74, 6) is -0.00280. The Morgan fingerprint density at radius 1 is 1.12 bits per heavy atom. The third kappa shape index (κ3) is 3.38. The van der Waals surface area contributed by atoms with Crippen LogP contribution in [0.1, 0.15) is 16.8 Å². The van der Waals surface area contributed by atoms with Gasteiger partial charge in [-0.25, -0.2) is 0 Å². The van der Waals surface area contributed by atoms with Crippen LogP contribution >= 0.6 is 23.2 Å². The van der Waals surface area contributed by atoms with Gasteiger partial charge in [0.15, 0.2) is 0 Å². The fourth-order valence-electron chi connectivity index (χ4n) is 3.26. The number of hydrogen-bond donors (Lipinski definition) is 3. The maximum atomic E-state index is 12.5. The summed E-state index contributed by atoms with van der Waals surface area (Å²) < 4.78 is 0. The van der Waals surface area contributed by atoms with Gasteiger partial charge in [0.05, 0.1) is 6.04 Å². The molecule has 0 saturated carbocycles. The van der Waals surface area contributed by atoms with E-state index in [0.717, 1.165) is 22.2 Å². The molecule has 0 radical (unpaired) electrons. The van der Waals surface area contributed by atoms with Gasteiger partial charge in [-0.15, -0.1) is 0 Å². The Balaban J connectivity index is 1.47. The number of H-pyrrole nitrogens is 1. The minimum absolute atomic E-state index is 0.00280. The molecule has 1 atom stereocenters. The zero-order valence-corrected chi connectivity index (χ0v) is 14.9. The molecular weight excluding hydrogens is 357 g/mol. The normalized spacial score (nSPS) is 16.6. The van der Waals surface area contributed by atoms with Gasteiger partial charge in [0, 0.05) is 39.7 Å². The van der Waals surface area contributed by atoms with E-state index in [1.807, 2.05) is 42.5 Å². The van der Waals surface area contributed by atoms with Crippen molar-refractivity contribution in [3.63, 3.8) is 0 Å². The van der Waals surface area contributed by atoms with Gasteiger partial charge < -0.3 is 10.3 Å². The number of nitrogens with one attached hydrogen (secondary N) is 3. The summed E-state index contributed by atoms with van der Waals surface area (Å²) in [5, 5.41) is 8.78. The second-order valence-corrected chi connectivity index (χ2v) is 7.13. The molecular formula is C19H17Cl2N3O. The summed E-state index contributed by atoms with van der Waals surface area (Å²) in [6.07, 6.45) is 0.641. The molecule has 6 heteroatoms. The molecule has 3 aromatic rings. The molecule has 128 valence electrons. The number of aromatic amines is 1. The lowest BCUT2D eigenvalue weighted by Gasteiger charge is -2.23. The van der Waals surface area contributed by atoms with E-state index in [1.165, 1.54) is 5.56 Å². The van der Waals surface area contributed by atoms with Crippen LogP contribution in [0, 0.1) is 0 Å². The third-order valence-corrected chi connectivity index (χ3v) is 5.07. The molecule has 2 aromatic carbocycles. The van der Waals surface area contributed by atoms with Crippen molar-refractivity contribution in [2.24, 2.45) is 0 Å². The number of hydrogen-bond acceptors (Lipinski definition) is 2. The van der Waals surface area contributed by atoms with E-state index >= 15 is 0 Å². The van der Waals surface area contributed by atoms with E-state index in [4.69, 9.17) is 23.2 Å². The lowest BCUT2D eigenvalue weighted by Crippen LogP contribution is -2.47. The quantitative estimate of drug-likeness (QED) is 0.653. The Morgan fingerprint density at radius 2 is 1.88 bits per heavy atom. The van der Waals surface area contributed by atoms with Gasteiger partial charge in [0.25, 0.3) is 0 Å². The molecule has 3 N–H and O–H groups in total. The number of aromatic nitrogens is 1. The largest absolute Gasteiger partial charge is 0.357 e. The third-order valence-electron chi connectivity index (χ3n) is 4.59. The van der Waals surface area contributed by atoms with Crippen LogP contribution in [-0.2, 0) is 24.3 Å². The molecule has 1 unspecified atom stereocenters. The highest BCUT2D eigenvalue weighted by atomic mass is 35.5. The topological polar surface area (TPSA) is 56.9 Å². The standard InChI is InChI=1S/C19H17Cl2N3O/c20-12-3-1-11(2-4-12)9-23-19(25)17-8-15-14-7-13(21)5-6-16(14)24-18(15)10-22-17/h1-7,17,22,24H,8-10H2,(H,23,25). The molecule has 4 nitrogen and oxygen atoms in total. The van der Waals surface area contributed by atoms with Crippen molar-refractivity contribution in [2.75, 3.05) is 0 Å². The smallest absolute Gasteiger partial charge is 0.237 e. The number of rotatable bonds is 3. The van der Waals surface area contributed by atoms with Crippen LogP contribution in [0.2, 0.25) is 10.0 Å². The first-order chi connectivity index (χ1) is 12.1. The van der Waals surface area contributed by atoms with E-state index in [2.05, 4.69) is 15.6 Å². The van der Waals surface area contributed by atoms with Gasteiger partial charge in [-0.1, -0.05) is 35.3 Å². The molecule has 2 heterocycles. The van der Waals surface area contributed by atoms with E-state index in [9.17, 15) is 4.79 Å². The van der Waals surface area contributed by atoms with Gasteiger partial charge in [-0.2, -0.15) is 0 Å². The monoisotopic (exact) mass is 373 g/mol. The Hall–Kier alpha value is -2.01. The molecule has 1 aliphatic rings. The fourth-order valence-corrected chi connectivity index (χ4v) is 3.56. The summed E-state index contributed by atoms with van der Waals surface area (Å²) in [7, 11) is 0. The Morgan fingerprint density at radius 3 is 2.68 bits per heavy atom. The van der Waals surface area contributed by atoms with Crippen molar-refractivity contribution in [1.82, 2.24) is 15.6 Å². The lowest BCUT2D eigenvalue weighted by atomic mass is 9.98. The summed E-state index contributed by atoms with van der Waals surface area (Å²) in [6, 6.07) is 13.0. The summed E-state index contributed by atoms with van der Waals surface area (Å²) in [6.45, 7) is 1.13. The van der Waals surface area contributed by atoms with Crippen LogP contribution in [0.4, 0.5) is 0 Å². The SMILES string of the molecule is O=C(NCc1ccc(Cl)cc1)C1Cc2c([nH]c3ccc(Cl)cc23)CN1. The minimum Gasteiger partial charge on any atom is -0.357 e. The average molecular weight is 374 g/mol. The fraction of sp³-hybridized carbons (Fsp3) is 0.211. The van der Waals surface area contributed by atoms with E-state index in [1.54, 1.807) is 0 Å². The van der Waals surface area contributed by atoms with Crippen molar-refractivity contribution in [3.05, 3.63) is 69.3 Å². The second-order valence-electron chi connectivity index (χ2n) is 6.25. The number of amides is 1. The molecule has 1 aromatic heterocycles. The predicted octanol–water partition coefficient (Wildman–Crippen LogP) is 3.81. The molecule has 25 heavy (non-hydrogen) atoms. The van der Waals surface area contributed by atoms with Gasteiger partial charge in [-0.3, -0.25) is 10.1 Å². The number of benzene rings is 2. The maximum absolute atomic E-state index is 12.5. The second kappa shape index (κ2) is 6.71. The van der Waals surface area contributed by atoms with Crippen LogP contribution in [0.25, 0.3) is 10.9 Å². The number of carbonyl (C=O) groups excluding carboxylic acids is 1. The molecule has 1 amide bonds. The van der Waals surface area contributed by atoms with Gasteiger partial charge in [-0.05, 0) is 47.9 Å². The zero-order chi connectivity index (χ0) is 17.4.